The summed E-state index contributed by atoms with van der Waals surface area (Å²) in [5.74, 6) is 3.77. The van der Waals surface area contributed by atoms with Crippen LogP contribution in [0.4, 0.5) is 4.39 Å². The fraction of sp³-hybridized carbons (Fsp3) is 0.667. The fourth-order valence-corrected chi connectivity index (χ4v) is 7.43. The van der Waals surface area contributed by atoms with Crippen molar-refractivity contribution in [1.82, 2.24) is 0 Å². The Morgan fingerprint density at radius 2 is 1.50 bits per heavy atom. The van der Waals surface area contributed by atoms with Gasteiger partial charge in [0.15, 0.2) is 11.6 Å². The summed E-state index contributed by atoms with van der Waals surface area (Å²) in [5.41, 5.74) is 0.933. The maximum Gasteiger partial charge on any atom is 0.314 e. The van der Waals surface area contributed by atoms with Crippen LogP contribution in [-0.2, 0) is 11.2 Å². The molecule has 0 saturated heterocycles. The number of fused-ring (bicyclic) bond motifs is 1. The lowest BCUT2D eigenvalue weighted by atomic mass is 9.60. The van der Waals surface area contributed by atoms with Gasteiger partial charge < -0.3 is 4.74 Å². The normalized spacial score (nSPS) is 31.0. The van der Waals surface area contributed by atoms with Gasteiger partial charge in [-0.1, -0.05) is 36.8 Å². The first-order valence-electron chi connectivity index (χ1n) is 14.8. The molecule has 0 aromatic heterocycles. The summed E-state index contributed by atoms with van der Waals surface area (Å²) < 4.78 is 20.1. The summed E-state index contributed by atoms with van der Waals surface area (Å²) in [6.07, 6.45) is 25.5. The molecule has 0 bridgehead atoms. The molecule has 1 aromatic carbocycles. The van der Waals surface area contributed by atoms with Crippen LogP contribution in [0.25, 0.3) is 0 Å². The third kappa shape index (κ3) is 7.33. The van der Waals surface area contributed by atoms with Gasteiger partial charge in [-0.25, -0.2) is 4.39 Å². The van der Waals surface area contributed by atoms with Crippen molar-refractivity contribution in [2.24, 2.45) is 35.5 Å². The lowest BCUT2D eigenvalue weighted by Crippen LogP contribution is -2.35. The Hall–Kier alpha value is -1.90. The number of aryl methyl sites for hydroxylation is 1. The molecule has 2 nitrogen and oxygen atoms in total. The third-order valence-corrected chi connectivity index (χ3v) is 9.55. The minimum atomic E-state index is -0.427. The number of allylic oxidation sites excluding steroid dienone is 4. The van der Waals surface area contributed by atoms with Crippen LogP contribution >= 0.6 is 0 Å². The molecular weight excluding hydrogens is 447 g/mol. The van der Waals surface area contributed by atoms with Crippen LogP contribution in [0.1, 0.15) is 103 Å². The number of esters is 1. The zero-order valence-corrected chi connectivity index (χ0v) is 22.6. The van der Waals surface area contributed by atoms with Crippen LogP contribution < -0.4 is 4.74 Å². The maximum absolute atomic E-state index is 14.5. The molecule has 3 saturated carbocycles. The molecule has 3 fully saturated rings. The molecule has 3 heteroatoms. The minimum absolute atomic E-state index is 0.0801. The van der Waals surface area contributed by atoms with Crippen LogP contribution in [0.5, 0.6) is 5.75 Å². The van der Waals surface area contributed by atoms with Crippen molar-refractivity contribution in [1.29, 1.82) is 0 Å². The van der Waals surface area contributed by atoms with E-state index in [1.165, 1.54) is 57.4 Å². The summed E-state index contributed by atoms with van der Waals surface area (Å²) >= 11 is 0. The largest absolute Gasteiger partial charge is 0.423 e. The number of carbonyl (C=O) groups is 1. The quantitative estimate of drug-likeness (QED) is 0.194. The van der Waals surface area contributed by atoms with E-state index in [1.54, 1.807) is 6.07 Å². The Balaban J connectivity index is 1.20. The van der Waals surface area contributed by atoms with Crippen LogP contribution in [-0.4, -0.2) is 5.97 Å². The van der Waals surface area contributed by atoms with Gasteiger partial charge in [-0.2, -0.15) is 0 Å². The highest BCUT2D eigenvalue weighted by Crippen LogP contribution is 2.49. The molecule has 3 aliphatic carbocycles. The topological polar surface area (TPSA) is 26.3 Å². The van der Waals surface area contributed by atoms with E-state index in [1.807, 2.05) is 19.1 Å². The number of benzene rings is 1. The van der Waals surface area contributed by atoms with Gasteiger partial charge in [0, 0.05) is 0 Å². The molecule has 4 unspecified atom stereocenters. The number of halogens is 1. The van der Waals surface area contributed by atoms with E-state index in [2.05, 4.69) is 25.2 Å². The van der Waals surface area contributed by atoms with Crippen molar-refractivity contribution in [3.05, 3.63) is 53.9 Å². The molecule has 0 aliphatic heterocycles. The van der Waals surface area contributed by atoms with E-state index >= 15 is 0 Å². The first-order chi connectivity index (χ1) is 17.6. The highest BCUT2D eigenvalue weighted by molar-refractivity contribution is 5.75. The highest BCUT2D eigenvalue weighted by Gasteiger charge is 2.39. The molecule has 4 atom stereocenters. The van der Waals surface area contributed by atoms with E-state index in [-0.39, 0.29) is 17.6 Å². The first kappa shape index (κ1) is 27.1. The lowest BCUT2D eigenvalue weighted by molar-refractivity contribution is -0.140. The van der Waals surface area contributed by atoms with E-state index in [0.29, 0.717) is 0 Å². The number of hydrogen-bond donors (Lipinski definition) is 0. The molecule has 0 heterocycles. The van der Waals surface area contributed by atoms with E-state index in [4.69, 9.17) is 4.74 Å². The van der Waals surface area contributed by atoms with Crippen molar-refractivity contribution < 1.29 is 13.9 Å². The predicted molar refractivity (Wildman–Crippen MR) is 146 cm³/mol. The summed E-state index contributed by atoms with van der Waals surface area (Å²) in [4.78, 5) is 12.8. The van der Waals surface area contributed by atoms with Crippen molar-refractivity contribution in [2.75, 3.05) is 0 Å². The smallest absolute Gasteiger partial charge is 0.314 e. The highest BCUT2D eigenvalue weighted by atomic mass is 19.1. The second-order valence-electron chi connectivity index (χ2n) is 11.8. The molecule has 0 amide bonds. The minimum Gasteiger partial charge on any atom is -0.423 e. The molecule has 0 N–H and O–H groups in total. The monoisotopic (exact) mass is 494 g/mol. The number of carbonyl (C=O) groups excluding carboxylic acids is 1. The third-order valence-electron chi connectivity index (χ3n) is 9.55. The standard InChI is InChI=1S/C33H47FO2/c1-3-5-7-9-24-11-13-30-23-29(19-18-28(30)21-24)26-14-16-27(17-15-26)33(35)36-32-20-12-25(22-31(32)34)10-8-6-4-2/h3-6,12,20,22,24,26-30H,7-11,13-19,21,23H2,1-2H3/b5-3+,6-4+. The van der Waals surface area contributed by atoms with Crippen molar-refractivity contribution >= 4 is 5.97 Å². The van der Waals surface area contributed by atoms with Gasteiger partial charge in [0.2, 0.25) is 0 Å². The summed E-state index contributed by atoms with van der Waals surface area (Å²) in [5, 5.41) is 0. The molecule has 0 radical (unpaired) electrons. The Morgan fingerprint density at radius 1 is 0.861 bits per heavy atom. The number of ether oxygens (including phenoxy) is 1. The van der Waals surface area contributed by atoms with Crippen molar-refractivity contribution in [2.45, 2.75) is 104 Å². The second kappa shape index (κ2) is 13.6. The molecule has 3 aliphatic rings. The maximum atomic E-state index is 14.5. The zero-order chi connectivity index (χ0) is 25.3. The Kier molecular flexibility index (Phi) is 10.2. The van der Waals surface area contributed by atoms with Gasteiger partial charge in [0.1, 0.15) is 0 Å². The van der Waals surface area contributed by atoms with Crippen molar-refractivity contribution in [3.63, 3.8) is 0 Å². The second-order valence-corrected chi connectivity index (χ2v) is 11.8. The molecule has 198 valence electrons. The molecule has 36 heavy (non-hydrogen) atoms. The summed E-state index contributed by atoms with van der Waals surface area (Å²) in [6.45, 7) is 4.11. The van der Waals surface area contributed by atoms with Gasteiger partial charge in [-0.15, -0.1) is 0 Å². The summed E-state index contributed by atoms with van der Waals surface area (Å²) in [7, 11) is 0. The fourth-order valence-electron chi connectivity index (χ4n) is 7.43. The summed E-state index contributed by atoms with van der Waals surface area (Å²) in [6, 6.07) is 5.00. The first-order valence-corrected chi connectivity index (χ1v) is 14.8. The van der Waals surface area contributed by atoms with Crippen LogP contribution in [0.2, 0.25) is 0 Å². The number of rotatable bonds is 9. The van der Waals surface area contributed by atoms with Gasteiger partial charge in [0.05, 0.1) is 5.92 Å². The predicted octanol–water partition coefficient (Wildman–Crippen LogP) is 9.24. The van der Waals surface area contributed by atoms with Crippen LogP contribution in [0, 0.1) is 41.3 Å². The Bertz CT molecular complexity index is 895. The SMILES string of the molecule is C/C=C/CCc1ccc(OC(=O)C2CCC(C3CCC4CC(CC/C=C/C)CCC4C3)CC2)c(F)c1. The van der Waals surface area contributed by atoms with E-state index in [0.717, 1.165) is 73.7 Å². The van der Waals surface area contributed by atoms with Crippen molar-refractivity contribution in [3.8, 4) is 5.75 Å². The van der Waals surface area contributed by atoms with Gasteiger partial charge in [-0.3, -0.25) is 4.79 Å². The van der Waals surface area contributed by atoms with Crippen LogP contribution in [0.15, 0.2) is 42.5 Å². The van der Waals surface area contributed by atoms with Gasteiger partial charge >= 0.3 is 5.97 Å². The Labute approximate surface area is 218 Å². The number of hydrogen-bond acceptors (Lipinski definition) is 2. The molecule has 4 rings (SSSR count). The average Bonchev–Trinajstić information content (AvgIpc) is 2.90. The molecule has 0 spiro atoms. The Morgan fingerprint density at radius 3 is 2.22 bits per heavy atom. The van der Waals surface area contributed by atoms with Gasteiger partial charge in [0.25, 0.3) is 0 Å². The lowest BCUT2D eigenvalue weighted by Gasteiger charge is -2.45. The van der Waals surface area contributed by atoms with E-state index in [9.17, 15) is 9.18 Å². The molecular formula is C33H47FO2. The van der Waals surface area contributed by atoms with Crippen LogP contribution in [0.3, 0.4) is 0 Å². The zero-order valence-electron chi connectivity index (χ0n) is 22.6. The molecule has 1 aromatic rings. The average molecular weight is 495 g/mol. The van der Waals surface area contributed by atoms with E-state index < -0.39 is 5.82 Å². The van der Waals surface area contributed by atoms with Gasteiger partial charge in [-0.05, 0) is 145 Å².